The highest BCUT2D eigenvalue weighted by Gasteiger charge is 2.27. The number of ether oxygens (including phenoxy) is 1. The van der Waals surface area contributed by atoms with Gasteiger partial charge in [0.1, 0.15) is 5.56 Å². The van der Waals surface area contributed by atoms with Crippen molar-refractivity contribution in [2.75, 3.05) is 11.5 Å². The van der Waals surface area contributed by atoms with E-state index in [0.717, 1.165) is 35.3 Å². The average molecular weight is 412 g/mol. The van der Waals surface area contributed by atoms with Crippen LogP contribution in [0.2, 0.25) is 0 Å². The van der Waals surface area contributed by atoms with Crippen molar-refractivity contribution in [2.24, 2.45) is 0 Å². The largest absolute Gasteiger partial charge is 0.452 e. The third kappa shape index (κ3) is 3.34. The molecule has 2 aromatic carbocycles. The second kappa shape index (κ2) is 7.68. The van der Waals surface area contributed by atoms with Gasteiger partial charge in [0.05, 0.1) is 17.1 Å². The predicted octanol–water partition coefficient (Wildman–Crippen LogP) is 3.66. The SMILES string of the molecule is Cc1nn2cccnc2c1C(=O)OCC(=O)N1c2ccccc2CCc2ccccc21. The summed E-state index contributed by atoms with van der Waals surface area (Å²) in [6.45, 7) is 1.33. The van der Waals surface area contributed by atoms with Crippen LogP contribution in [-0.2, 0) is 22.4 Å². The number of carbonyl (C=O) groups is 2. The number of nitrogens with zero attached hydrogens (tertiary/aromatic N) is 4. The highest BCUT2D eigenvalue weighted by Crippen LogP contribution is 2.36. The molecule has 0 N–H and O–H groups in total. The molecule has 154 valence electrons. The van der Waals surface area contributed by atoms with E-state index in [-0.39, 0.29) is 18.1 Å². The van der Waals surface area contributed by atoms with Gasteiger partial charge in [-0.05, 0) is 49.1 Å². The maximum absolute atomic E-state index is 13.3. The summed E-state index contributed by atoms with van der Waals surface area (Å²) in [6.07, 6.45) is 4.97. The summed E-state index contributed by atoms with van der Waals surface area (Å²) in [5.41, 5.74) is 4.99. The first-order chi connectivity index (χ1) is 15.1. The number of fused-ring (bicyclic) bond motifs is 3. The maximum Gasteiger partial charge on any atom is 0.344 e. The topological polar surface area (TPSA) is 76.8 Å². The molecule has 3 heterocycles. The van der Waals surface area contributed by atoms with E-state index in [2.05, 4.69) is 10.1 Å². The fourth-order valence-electron chi connectivity index (χ4n) is 4.05. The Morgan fingerprint density at radius 3 is 2.29 bits per heavy atom. The molecular formula is C24H20N4O3. The average Bonchev–Trinajstić information content (AvgIpc) is 3.03. The van der Waals surface area contributed by atoms with Crippen LogP contribution >= 0.6 is 0 Å². The van der Waals surface area contributed by atoms with Gasteiger partial charge in [-0.25, -0.2) is 14.3 Å². The summed E-state index contributed by atoms with van der Waals surface area (Å²) >= 11 is 0. The molecule has 7 heteroatoms. The first-order valence-electron chi connectivity index (χ1n) is 10.1. The molecule has 0 fully saturated rings. The first-order valence-corrected chi connectivity index (χ1v) is 10.1. The number of rotatable bonds is 3. The second-order valence-corrected chi connectivity index (χ2v) is 7.41. The van der Waals surface area contributed by atoms with Crippen LogP contribution in [0, 0.1) is 6.92 Å². The van der Waals surface area contributed by atoms with Gasteiger partial charge in [-0.1, -0.05) is 36.4 Å². The second-order valence-electron chi connectivity index (χ2n) is 7.41. The Hall–Kier alpha value is -4.00. The Morgan fingerprint density at radius 2 is 1.61 bits per heavy atom. The summed E-state index contributed by atoms with van der Waals surface area (Å²) < 4.78 is 6.96. The Labute approximate surface area is 178 Å². The molecule has 0 spiro atoms. The Bertz CT molecular complexity index is 1260. The van der Waals surface area contributed by atoms with Gasteiger partial charge in [-0.2, -0.15) is 5.10 Å². The summed E-state index contributed by atoms with van der Waals surface area (Å²) in [6, 6.07) is 17.4. The van der Waals surface area contributed by atoms with Crippen molar-refractivity contribution >= 4 is 28.9 Å². The Morgan fingerprint density at radius 1 is 0.968 bits per heavy atom. The fourth-order valence-corrected chi connectivity index (χ4v) is 4.05. The van der Waals surface area contributed by atoms with Gasteiger partial charge < -0.3 is 4.74 Å². The van der Waals surface area contributed by atoms with E-state index in [9.17, 15) is 9.59 Å². The van der Waals surface area contributed by atoms with Gasteiger partial charge in [0.25, 0.3) is 5.91 Å². The molecule has 1 amide bonds. The van der Waals surface area contributed by atoms with E-state index < -0.39 is 5.97 Å². The highest BCUT2D eigenvalue weighted by molar-refractivity contribution is 6.05. The number of aromatic nitrogens is 3. The monoisotopic (exact) mass is 412 g/mol. The summed E-state index contributed by atoms with van der Waals surface area (Å²) in [4.78, 5) is 32.0. The van der Waals surface area contributed by atoms with Crippen molar-refractivity contribution in [3.8, 4) is 0 Å². The number of esters is 1. The molecular weight excluding hydrogens is 392 g/mol. The molecule has 0 aliphatic carbocycles. The minimum Gasteiger partial charge on any atom is -0.452 e. The van der Waals surface area contributed by atoms with Crippen molar-refractivity contribution in [1.29, 1.82) is 0 Å². The van der Waals surface area contributed by atoms with Crippen molar-refractivity contribution in [1.82, 2.24) is 14.6 Å². The third-order valence-electron chi connectivity index (χ3n) is 5.48. The molecule has 0 atom stereocenters. The van der Waals surface area contributed by atoms with Crippen LogP contribution in [0.3, 0.4) is 0 Å². The van der Waals surface area contributed by atoms with E-state index >= 15 is 0 Å². The van der Waals surface area contributed by atoms with Gasteiger partial charge in [-0.15, -0.1) is 0 Å². The number of benzene rings is 2. The number of para-hydroxylation sites is 2. The summed E-state index contributed by atoms with van der Waals surface area (Å²) in [7, 11) is 0. The lowest BCUT2D eigenvalue weighted by Gasteiger charge is -2.24. The lowest BCUT2D eigenvalue weighted by molar-refractivity contribution is -0.120. The third-order valence-corrected chi connectivity index (χ3v) is 5.48. The number of aryl methyl sites for hydroxylation is 3. The Kier molecular flexibility index (Phi) is 4.71. The van der Waals surface area contributed by atoms with Gasteiger partial charge in [-0.3, -0.25) is 9.69 Å². The molecule has 1 aliphatic rings. The molecule has 1 aliphatic heterocycles. The number of amides is 1. The van der Waals surface area contributed by atoms with E-state index in [1.807, 2.05) is 48.5 Å². The normalized spacial score (nSPS) is 12.7. The van der Waals surface area contributed by atoms with E-state index in [0.29, 0.717) is 11.3 Å². The van der Waals surface area contributed by atoms with Crippen LogP contribution in [0.25, 0.3) is 5.65 Å². The van der Waals surface area contributed by atoms with Crippen LogP contribution in [0.1, 0.15) is 27.2 Å². The number of hydrogen-bond donors (Lipinski definition) is 0. The van der Waals surface area contributed by atoms with Crippen molar-refractivity contribution in [3.63, 3.8) is 0 Å². The zero-order chi connectivity index (χ0) is 21.4. The van der Waals surface area contributed by atoms with Gasteiger partial charge >= 0.3 is 5.97 Å². The molecule has 31 heavy (non-hydrogen) atoms. The zero-order valence-corrected chi connectivity index (χ0v) is 17.0. The smallest absolute Gasteiger partial charge is 0.344 e. The summed E-state index contributed by atoms with van der Waals surface area (Å²) in [5.74, 6) is -0.923. The molecule has 0 saturated carbocycles. The number of carbonyl (C=O) groups excluding carboxylic acids is 2. The Balaban J connectivity index is 1.44. The van der Waals surface area contributed by atoms with Crippen molar-refractivity contribution in [2.45, 2.75) is 19.8 Å². The molecule has 2 aromatic heterocycles. The van der Waals surface area contributed by atoms with Crippen LogP contribution in [-0.4, -0.2) is 33.1 Å². The summed E-state index contributed by atoms with van der Waals surface area (Å²) in [5, 5.41) is 4.28. The standard InChI is InChI=1S/C24H20N4O3/c1-16-22(23-25-13-6-14-27(23)26-16)24(30)31-15-21(29)28-19-9-4-2-7-17(19)11-12-18-8-3-5-10-20(18)28/h2-10,13-14H,11-12,15H2,1H3. The number of anilines is 2. The predicted molar refractivity (Wildman–Crippen MR) is 115 cm³/mol. The minimum atomic E-state index is -0.615. The van der Waals surface area contributed by atoms with E-state index in [1.165, 1.54) is 4.52 Å². The van der Waals surface area contributed by atoms with Crippen LogP contribution < -0.4 is 4.90 Å². The highest BCUT2D eigenvalue weighted by atomic mass is 16.5. The fraction of sp³-hybridized carbons (Fsp3) is 0.167. The molecule has 0 bridgehead atoms. The van der Waals surface area contributed by atoms with Crippen LogP contribution in [0.4, 0.5) is 11.4 Å². The van der Waals surface area contributed by atoms with Gasteiger partial charge in [0.2, 0.25) is 0 Å². The molecule has 7 nitrogen and oxygen atoms in total. The van der Waals surface area contributed by atoms with Gasteiger partial charge in [0, 0.05) is 12.4 Å². The number of hydrogen-bond acceptors (Lipinski definition) is 5. The van der Waals surface area contributed by atoms with E-state index in [1.54, 1.807) is 30.3 Å². The van der Waals surface area contributed by atoms with Crippen molar-refractivity contribution in [3.05, 3.63) is 89.4 Å². The molecule has 0 unspecified atom stereocenters. The molecule has 0 saturated heterocycles. The quantitative estimate of drug-likeness (QED) is 0.480. The zero-order valence-electron chi connectivity index (χ0n) is 17.0. The first kappa shape index (κ1) is 19.0. The lowest BCUT2D eigenvalue weighted by Crippen LogP contribution is -2.31. The maximum atomic E-state index is 13.3. The lowest BCUT2D eigenvalue weighted by atomic mass is 10.0. The minimum absolute atomic E-state index is 0.269. The van der Waals surface area contributed by atoms with Crippen LogP contribution in [0.5, 0.6) is 0 Å². The van der Waals surface area contributed by atoms with Gasteiger partial charge in [0.15, 0.2) is 12.3 Å². The van der Waals surface area contributed by atoms with E-state index in [4.69, 9.17) is 4.74 Å². The van der Waals surface area contributed by atoms with Crippen molar-refractivity contribution < 1.29 is 14.3 Å². The van der Waals surface area contributed by atoms with Crippen LogP contribution in [0.15, 0.2) is 67.0 Å². The molecule has 5 rings (SSSR count). The molecule has 0 radical (unpaired) electrons. The molecule has 4 aromatic rings.